The summed E-state index contributed by atoms with van der Waals surface area (Å²) in [4.78, 5) is 12.2. The number of aryl methyl sites for hydroxylation is 2. The summed E-state index contributed by atoms with van der Waals surface area (Å²) in [7, 11) is 0. The fraction of sp³-hybridized carbons (Fsp3) is 0.235. The van der Waals surface area contributed by atoms with Crippen molar-refractivity contribution in [3.05, 3.63) is 58.7 Å². The van der Waals surface area contributed by atoms with E-state index >= 15 is 0 Å². The number of carbonyl (C=O) groups excluding carboxylic acids is 1. The predicted octanol–water partition coefficient (Wildman–Crippen LogP) is 4.79. The monoisotopic (exact) mass is 240 g/mol. The van der Waals surface area contributed by atoms with E-state index in [-0.39, 0.29) is 20.6 Å². The lowest BCUT2D eigenvalue weighted by atomic mass is 10.0. The molecule has 1 heteroatoms. The third kappa shape index (κ3) is 1.86. The number of benzene rings is 2. The lowest BCUT2D eigenvalue weighted by molar-refractivity contribution is 0.104. The molecular weight excluding hydrogens is 220 g/mol. The highest BCUT2D eigenvalue weighted by atomic mass is 16.1. The normalized spacial score (nSPS) is 11.1. The molecule has 0 aliphatic heterocycles. The maximum atomic E-state index is 12.2. The molecule has 0 aromatic heterocycles. The van der Waals surface area contributed by atoms with Crippen molar-refractivity contribution < 1.29 is 4.79 Å². The van der Waals surface area contributed by atoms with Gasteiger partial charge in [0.1, 0.15) is 0 Å². The molecule has 0 radical (unpaired) electrons. The summed E-state index contributed by atoms with van der Waals surface area (Å²) in [6.45, 7) is 4.03. The zero-order chi connectivity index (χ0) is 11.3. The second-order valence-electron chi connectivity index (χ2n) is 4.43. The number of ketones is 1. The molecular formula is C17H20O. The SMILES string of the molecule is C.C.Cc1ccc2c(c1)C(=O)c1cc(C)ccc1-2. The van der Waals surface area contributed by atoms with Gasteiger partial charge >= 0.3 is 0 Å². The predicted molar refractivity (Wildman–Crippen MR) is 78.2 cm³/mol. The molecule has 0 fully saturated rings. The van der Waals surface area contributed by atoms with Crippen LogP contribution in [0.1, 0.15) is 41.9 Å². The first-order valence-corrected chi connectivity index (χ1v) is 5.43. The van der Waals surface area contributed by atoms with Crippen molar-refractivity contribution >= 4 is 5.78 Å². The van der Waals surface area contributed by atoms with Gasteiger partial charge in [0.2, 0.25) is 0 Å². The molecule has 1 aliphatic rings. The Hall–Kier alpha value is -1.89. The zero-order valence-electron chi connectivity index (χ0n) is 9.37. The molecule has 94 valence electrons. The lowest BCUT2D eigenvalue weighted by Crippen LogP contribution is -1.95. The van der Waals surface area contributed by atoms with Gasteiger partial charge in [0, 0.05) is 11.1 Å². The van der Waals surface area contributed by atoms with Gasteiger partial charge < -0.3 is 0 Å². The standard InChI is InChI=1S/C15H12O.2CH4/c1-9-3-5-11-12-6-4-10(2)8-14(12)15(16)13(11)7-9;;/h3-8H,1-2H3;2*1H4. The van der Waals surface area contributed by atoms with E-state index in [2.05, 4.69) is 12.1 Å². The number of hydrogen-bond donors (Lipinski definition) is 0. The quantitative estimate of drug-likeness (QED) is 0.552. The molecule has 2 aromatic rings. The lowest BCUT2D eigenvalue weighted by Gasteiger charge is -2.00. The summed E-state index contributed by atoms with van der Waals surface area (Å²) in [5.41, 5.74) is 6.12. The Morgan fingerprint density at radius 3 is 1.44 bits per heavy atom. The Morgan fingerprint density at radius 2 is 1.06 bits per heavy atom. The Morgan fingerprint density at radius 1 is 0.667 bits per heavy atom. The molecule has 18 heavy (non-hydrogen) atoms. The summed E-state index contributed by atoms with van der Waals surface area (Å²) in [5, 5.41) is 0. The largest absolute Gasteiger partial charge is 0.289 e. The Kier molecular flexibility index (Phi) is 3.76. The molecule has 0 bridgehead atoms. The summed E-state index contributed by atoms with van der Waals surface area (Å²) in [6, 6.07) is 12.2. The average Bonchev–Trinajstić information content (AvgIpc) is 2.53. The molecule has 0 saturated heterocycles. The highest BCUT2D eigenvalue weighted by Gasteiger charge is 2.26. The van der Waals surface area contributed by atoms with Gasteiger partial charge in [-0.2, -0.15) is 0 Å². The maximum Gasteiger partial charge on any atom is 0.194 e. The smallest absolute Gasteiger partial charge is 0.194 e. The van der Waals surface area contributed by atoms with Crippen LogP contribution in [0, 0.1) is 13.8 Å². The van der Waals surface area contributed by atoms with Crippen LogP contribution in [0.2, 0.25) is 0 Å². The number of fused-ring (bicyclic) bond motifs is 3. The third-order valence-corrected chi connectivity index (χ3v) is 3.13. The first-order valence-electron chi connectivity index (χ1n) is 5.43. The fourth-order valence-electron chi connectivity index (χ4n) is 2.31. The Balaban J connectivity index is 0.000000810. The van der Waals surface area contributed by atoms with E-state index < -0.39 is 0 Å². The number of hydrogen-bond acceptors (Lipinski definition) is 1. The van der Waals surface area contributed by atoms with Crippen LogP contribution in [0.3, 0.4) is 0 Å². The minimum atomic E-state index is 0. The molecule has 0 heterocycles. The summed E-state index contributed by atoms with van der Waals surface area (Å²) >= 11 is 0. The van der Waals surface area contributed by atoms with Gasteiger partial charge in [-0.15, -0.1) is 0 Å². The molecule has 1 nitrogen and oxygen atoms in total. The van der Waals surface area contributed by atoms with E-state index in [0.29, 0.717) is 0 Å². The van der Waals surface area contributed by atoms with E-state index in [1.165, 1.54) is 0 Å². The van der Waals surface area contributed by atoms with Crippen LogP contribution >= 0.6 is 0 Å². The third-order valence-electron chi connectivity index (χ3n) is 3.13. The Bertz CT molecular complexity index is 556. The van der Waals surface area contributed by atoms with E-state index in [0.717, 1.165) is 33.4 Å². The van der Waals surface area contributed by atoms with E-state index in [4.69, 9.17) is 0 Å². The van der Waals surface area contributed by atoms with Gasteiger partial charge in [-0.05, 0) is 37.1 Å². The minimum Gasteiger partial charge on any atom is -0.289 e. The maximum absolute atomic E-state index is 12.2. The van der Waals surface area contributed by atoms with Crippen LogP contribution in [0.4, 0.5) is 0 Å². The van der Waals surface area contributed by atoms with Gasteiger partial charge in [-0.25, -0.2) is 0 Å². The highest BCUT2D eigenvalue weighted by Crippen LogP contribution is 2.37. The molecule has 3 rings (SSSR count). The summed E-state index contributed by atoms with van der Waals surface area (Å²) in [5.74, 6) is 0.164. The van der Waals surface area contributed by atoms with E-state index in [1.54, 1.807) is 0 Å². The fourth-order valence-corrected chi connectivity index (χ4v) is 2.31. The minimum absolute atomic E-state index is 0. The van der Waals surface area contributed by atoms with Crippen molar-refractivity contribution in [3.8, 4) is 11.1 Å². The van der Waals surface area contributed by atoms with Crippen molar-refractivity contribution in [2.45, 2.75) is 28.7 Å². The first kappa shape index (κ1) is 14.2. The molecule has 1 aliphatic carbocycles. The van der Waals surface area contributed by atoms with Crippen LogP contribution in [0.5, 0.6) is 0 Å². The van der Waals surface area contributed by atoms with Gasteiger partial charge in [0.15, 0.2) is 5.78 Å². The van der Waals surface area contributed by atoms with Gasteiger partial charge in [0.25, 0.3) is 0 Å². The molecule has 0 amide bonds. The van der Waals surface area contributed by atoms with Crippen LogP contribution < -0.4 is 0 Å². The molecule has 0 saturated carbocycles. The van der Waals surface area contributed by atoms with Crippen LogP contribution in [0.15, 0.2) is 36.4 Å². The summed E-state index contributed by atoms with van der Waals surface area (Å²) in [6.07, 6.45) is 0. The molecule has 0 N–H and O–H groups in total. The van der Waals surface area contributed by atoms with Crippen LogP contribution in [-0.4, -0.2) is 5.78 Å². The topological polar surface area (TPSA) is 17.1 Å². The van der Waals surface area contributed by atoms with Crippen molar-refractivity contribution in [2.75, 3.05) is 0 Å². The second-order valence-corrected chi connectivity index (χ2v) is 4.43. The van der Waals surface area contributed by atoms with Gasteiger partial charge in [0.05, 0.1) is 0 Å². The van der Waals surface area contributed by atoms with Crippen molar-refractivity contribution in [2.24, 2.45) is 0 Å². The van der Waals surface area contributed by atoms with E-state index in [1.807, 2.05) is 38.1 Å². The highest BCUT2D eigenvalue weighted by molar-refractivity contribution is 6.21. The van der Waals surface area contributed by atoms with Crippen LogP contribution in [0.25, 0.3) is 11.1 Å². The van der Waals surface area contributed by atoms with Crippen molar-refractivity contribution in [1.29, 1.82) is 0 Å². The Labute approximate surface area is 109 Å². The summed E-state index contributed by atoms with van der Waals surface area (Å²) < 4.78 is 0. The molecule has 0 spiro atoms. The van der Waals surface area contributed by atoms with Crippen LogP contribution in [-0.2, 0) is 0 Å². The molecule has 0 unspecified atom stereocenters. The number of carbonyl (C=O) groups is 1. The van der Waals surface area contributed by atoms with Gasteiger partial charge in [-0.3, -0.25) is 4.79 Å². The first-order chi connectivity index (χ1) is 7.66. The molecule has 0 atom stereocenters. The van der Waals surface area contributed by atoms with Crippen molar-refractivity contribution in [3.63, 3.8) is 0 Å². The zero-order valence-corrected chi connectivity index (χ0v) is 9.37. The molecule has 2 aromatic carbocycles. The van der Waals surface area contributed by atoms with Crippen molar-refractivity contribution in [1.82, 2.24) is 0 Å². The van der Waals surface area contributed by atoms with E-state index in [9.17, 15) is 4.79 Å². The average molecular weight is 240 g/mol. The number of rotatable bonds is 0. The van der Waals surface area contributed by atoms with Gasteiger partial charge in [-0.1, -0.05) is 50.2 Å². The second kappa shape index (κ2) is 4.77.